The van der Waals surface area contributed by atoms with E-state index in [2.05, 4.69) is 22.4 Å². The van der Waals surface area contributed by atoms with Gasteiger partial charge in [0.2, 0.25) is 0 Å². The van der Waals surface area contributed by atoms with Crippen molar-refractivity contribution in [2.45, 2.75) is 6.04 Å². The Morgan fingerprint density at radius 1 is 1.37 bits per heavy atom. The summed E-state index contributed by atoms with van der Waals surface area (Å²) in [7, 11) is 0. The predicted molar refractivity (Wildman–Crippen MR) is 76.0 cm³/mol. The zero-order valence-electron chi connectivity index (χ0n) is 10.6. The van der Waals surface area contributed by atoms with E-state index in [9.17, 15) is 0 Å². The van der Waals surface area contributed by atoms with Crippen LogP contribution in [0, 0.1) is 5.41 Å². The smallest absolute Gasteiger partial charge is 0.188 e. The molecule has 1 aliphatic rings. The van der Waals surface area contributed by atoms with Crippen LogP contribution in [0.2, 0.25) is 0 Å². The van der Waals surface area contributed by atoms with Crippen molar-refractivity contribution in [3.63, 3.8) is 0 Å². The molecule has 1 aromatic carbocycles. The van der Waals surface area contributed by atoms with Gasteiger partial charge in [-0.15, -0.1) is 0 Å². The van der Waals surface area contributed by atoms with Crippen molar-refractivity contribution in [3.05, 3.63) is 42.1 Å². The van der Waals surface area contributed by atoms with Gasteiger partial charge in [-0.05, 0) is 17.7 Å². The molecule has 0 amide bonds. The lowest BCUT2D eigenvalue weighted by atomic mass is 9.98. The fourth-order valence-electron chi connectivity index (χ4n) is 2.69. The number of aromatic nitrogens is 1. The molecule has 1 aliphatic heterocycles. The molecule has 1 atom stereocenters. The molecule has 1 saturated heterocycles. The van der Waals surface area contributed by atoms with Gasteiger partial charge in [-0.1, -0.05) is 18.2 Å². The normalized spacial score (nSPS) is 19.6. The standard InChI is InChI=1S/C14H17N5/c15-14(16)19-8-7-17-9-13(19)11-3-1-5-12-10(11)4-2-6-18-12/h1-6,13,17H,7-9H2,(H3,15,16)/t13-/m0/s1. The van der Waals surface area contributed by atoms with Gasteiger partial charge >= 0.3 is 0 Å². The van der Waals surface area contributed by atoms with Gasteiger partial charge in [0.05, 0.1) is 11.6 Å². The second-order valence-electron chi connectivity index (χ2n) is 4.72. The minimum atomic E-state index is 0.0964. The first-order chi connectivity index (χ1) is 9.27. The molecule has 3 rings (SSSR count). The summed E-state index contributed by atoms with van der Waals surface area (Å²) < 4.78 is 0. The second kappa shape index (κ2) is 4.85. The Balaban J connectivity index is 2.09. The van der Waals surface area contributed by atoms with Crippen molar-refractivity contribution in [3.8, 4) is 0 Å². The molecular weight excluding hydrogens is 238 g/mol. The quantitative estimate of drug-likeness (QED) is 0.526. The summed E-state index contributed by atoms with van der Waals surface area (Å²) in [6, 6.07) is 10.2. The molecule has 2 heterocycles. The molecule has 4 N–H and O–H groups in total. The highest BCUT2D eigenvalue weighted by Crippen LogP contribution is 2.28. The molecule has 0 saturated carbocycles. The third-order valence-electron chi connectivity index (χ3n) is 3.59. The van der Waals surface area contributed by atoms with Gasteiger partial charge in [0.15, 0.2) is 5.96 Å². The van der Waals surface area contributed by atoms with Crippen LogP contribution in [0.25, 0.3) is 10.9 Å². The summed E-state index contributed by atoms with van der Waals surface area (Å²) in [4.78, 5) is 6.33. The van der Waals surface area contributed by atoms with Crippen LogP contribution in [-0.4, -0.2) is 35.5 Å². The molecule has 0 unspecified atom stereocenters. The van der Waals surface area contributed by atoms with Gasteiger partial charge in [0, 0.05) is 31.2 Å². The van der Waals surface area contributed by atoms with E-state index in [4.69, 9.17) is 11.1 Å². The highest BCUT2D eigenvalue weighted by Gasteiger charge is 2.25. The molecule has 0 aliphatic carbocycles. The molecule has 19 heavy (non-hydrogen) atoms. The van der Waals surface area contributed by atoms with E-state index in [0.29, 0.717) is 0 Å². The van der Waals surface area contributed by atoms with Crippen LogP contribution < -0.4 is 11.1 Å². The number of rotatable bonds is 1. The van der Waals surface area contributed by atoms with Crippen molar-refractivity contribution in [2.75, 3.05) is 19.6 Å². The molecule has 1 aromatic heterocycles. The number of hydrogen-bond donors (Lipinski definition) is 3. The van der Waals surface area contributed by atoms with Crippen molar-refractivity contribution in [1.29, 1.82) is 5.41 Å². The monoisotopic (exact) mass is 255 g/mol. The Morgan fingerprint density at radius 2 is 2.26 bits per heavy atom. The topological polar surface area (TPSA) is 78.0 Å². The maximum atomic E-state index is 7.74. The van der Waals surface area contributed by atoms with Gasteiger partial charge < -0.3 is 16.0 Å². The number of nitrogens with zero attached hydrogens (tertiary/aromatic N) is 2. The molecule has 2 aromatic rings. The van der Waals surface area contributed by atoms with Crippen molar-refractivity contribution < 1.29 is 0 Å². The third-order valence-corrected chi connectivity index (χ3v) is 3.59. The van der Waals surface area contributed by atoms with E-state index in [1.165, 1.54) is 5.56 Å². The van der Waals surface area contributed by atoms with E-state index in [1.807, 2.05) is 23.1 Å². The molecule has 5 heteroatoms. The summed E-state index contributed by atoms with van der Waals surface area (Å²) in [5, 5.41) is 12.2. The first-order valence-corrected chi connectivity index (χ1v) is 6.42. The molecule has 98 valence electrons. The van der Waals surface area contributed by atoms with Crippen LogP contribution in [-0.2, 0) is 0 Å². The SMILES string of the molecule is N=C(N)N1CCNC[C@H]1c1cccc2ncccc12. The van der Waals surface area contributed by atoms with Crippen LogP contribution in [0.3, 0.4) is 0 Å². The van der Waals surface area contributed by atoms with Gasteiger partial charge in [-0.2, -0.15) is 0 Å². The van der Waals surface area contributed by atoms with Gasteiger partial charge in [0.1, 0.15) is 0 Å². The Kier molecular flexibility index (Phi) is 3.05. The first-order valence-electron chi connectivity index (χ1n) is 6.42. The third kappa shape index (κ3) is 2.13. The number of piperazine rings is 1. The fourth-order valence-corrected chi connectivity index (χ4v) is 2.69. The van der Waals surface area contributed by atoms with Crippen molar-refractivity contribution in [1.82, 2.24) is 15.2 Å². The molecule has 0 spiro atoms. The maximum Gasteiger partial charge on any atom is 0.188 e. The highest BCUT2D eigenvalue weighted by molar-refractivity contribution is 5.83. The second-order valence-corrected chi connectivity index (χ2v) is 4.72. The lowest BCUT2D eigenvalue weighted by Crippen LogP contribution is -2.50. The van der Waals surface area contributed by atoms with Crippen LogP contribution in [0.4, 0.5) is 0 Å². The van der Waals surface area contributed by atoms with Crippen LogP contribution in [0.1, 0.15) is 11.6 Å². The van der Waals surface area contributed by atoms with Crippen molar-refractivity contribution in [2.24, 2.45) is 5.73 Å². The fraction of sp³-hybridized carbons (Fsp3) is 0.286. The van der Waals surface area contributed by atoms with E-state index in [1.54, 1.807) is 6.20 Å². The largest absolute Gasteiger partial charge is 0.370 e. The number of benzene rings is 1. The number of nitrogens with two attached hydrogens (primary N) is 1. The van der Waals surface area contributed by atoms with E-state index < -0.39 is 0 Å². The summed E-state index contributed by atoms with van der Waals surface area (Å²) in [5.74, 6) is 0.132. The van der Waals surface area contributed by atoms with E-state index in [0.717, 1.165) is 30.5 Å². The lowest BCUT2D eigenvalue weighted by molar-refractivity contribution is 0.258. The summed E-state index contributed by atoms with van der Waals surface area (Å²) in [5.41, 5.74) is 7.86. The molecular formula is C14H17N5. The van der Waals surface area contributed by atoms with E-state index >= 15 is 0 Å². The lowest BCUT2D eigenvalue weighted by Gasteiger charge is -2.37. The average molecular weight is 255 g/mol. The van der Waals surface area contributed by atoms with Crippen LogP contribution in [0.15, 0.2) is 36.5 Å². The Labute approximate surface area is 111 Å². The Bertz CT molecular complexity index is 604. The maximum absolute atomic E-state index is 7.74. The zero-order chi connectivity index (χ0) is 13.2. The number of nitrogens with one attached hydrogen (secondary N) is 2. The van der Waals surface area contributed by atoms with Crippen molar-refractivity contribution >= 4 is 16.9 Å². The minimum Gasteiger partial charge on any atom is -0.370 e. The van der Waals surface area contributed by atoms with Crippen LogP contribution >= 0.6 is 0 Å². The Hall–Kier alpha value is -2.14. The minimum absolute atomic E-state index is 0.0964. The first kappa shape index (κ1) is 11.9. The Morgan fingerprint density at radius 3 is 3.11 bits per heavy atom. The van der Waals surface area contributed by atoms with E-state index in [-0.39, 0.29) is 12.0 Å². The zero-order valence-corrected chi connectivity index (χ0v) is 10.6. The van der Waals surface area contributed by atoms with Gasteiger partial charge in [-0.25, -0.2) is 0 Å². The summed E-state index contributed by atoms with van der Waals surface area (Å²) in [6.07, 6.45) is 1.80. The number of pyridine rings is 1. The molecule has 0 bridgehead atoms. The number of guanidine groups is 1. The number of fused-ring (bicyclic) bond motifs is 1. The summed E-state index contributed by atoms with van der Waals surface area (Å²) >= 11 is 0. The van der Waals surface area contributed by atoms with Gasteiger partial charge in [-0.3, -0.25) is 10.4 Å². The van der Waals surface area contributed by atoms with Crippen LogP contribution in [0.5, 0.6) is 0 Å². The predicted octanol–water partition coefficient (Wildman–Crippen LogP) is 1.07. The average Bonchev–Trinajstić information content (AvgIpc) is 2.46. The molecule has 1 fully saturated rings. The number of hydrogen-bond acceptors (Lipinski definition) is 3. The highest BCUT2D eigenvalue weighted by atomic mass is 15.3. The molecule has 0 radical (unpaired) electrons. The van der Waals surface area contributed by atoms with Gasteiger partial charge in [0.25, 0.3) is 0 Å². The molecule has 5 nitrogen and oxygen atoms in total. The summed E-state index contributed by atoms with van der Waals surface area (Å²) in [6.45, 7) is 2.42.